The first kappa shape index (κ1) is 17.5. The molecule has 0 spiro atoms. The van der Waals surface area contributed by atoms with Gasteiger partial charge in [-0.05, 0) is 0 Å². The van der Waals surface area contributed by atoms with Gasteiger partial charge in [-0.2, -0.15) is 0 Å². The van der Waals surface area contributed by atoms with Crippen molar-refractivity contribution in [2.45, 2.75) is 37.2 Å². The first-order valence-corrected chi connectivity index (χ1v) is 15.8. The van der Waals surface area contributed by atoms with Crippen molar-refractivity contribution in [2.75, 3.05) is 0 Å². The number of benzene rings is 2. The van der Waals surface area contributed by atoms with Crippen LogP contribution in [0.5, 0.6) is 0 Å². The van der Waals surface area contributed by atoms with Crippen molar-refractivity contribution in [1.29, 1.82) is 0 Å². The van der Waals surface area contributed by atoms with Crippen LogP contribution in [0.15, 0.2) is 42.0 Å². The molecule has 0 fully saturated rings. The summed E-state index contributed by atoms with van der Waals surface area (Å²) in [5.41, 5.74) is 9.42. The average Bonchev–Trinajstić information content (AvgIpc) is 2.82. The van der Waals surface area contributed by atoms with Gasteiger partial charge in [0.15, 0.2) is 0 Å². The van der Waals surface area contributed by atoms with Crippen LogP contribution in [0.2, 0.25) is 0 Å². The Morgan fingerprint density at radius 3 is 2.30 bits per heavy atom. The Labute approximate surface area is 154 Å². The third-order valence-electron chi connectivity index (χ3n) is 4.70. The van der Waals surface area contributed by atoms with Crippen molar-refractivity contribution in [2.24, 2.45) is 0 Å². The first-order valence-electron chi connectivity index (χ1n) is 8.00. The minimum atomic E-state index is -2.39. The molecular weight excluding hydrogens is 402 g/mol. The molecule has 0 aromatic heterocycles. The normalized spacial score (nSPS) is 16.5. The summed E-state index contributed by atoms with van der Waals surface area (Å²) in [5, 5.41) is 0. The molecule has 3 heteroatoms. The van der Waals surface area contributed by atoms with Gasteiger partial charge in [-0.1, -0.05) is 0 Å². The van der Waals surface area contributed by atoms with Crippen molar-refractivity contribution >= 4 is 23.1 Å². The average molecular weight is 424 g/mol. The van der Waals surface area contributed by atoms with Crippen LogP contribution >= 0.6 is 17.0 Å². The van der Waals surface area contributed by atoms with Crippen molar-refractivity contribution in [3.63, 3.8) is 0 Å². The molecule has 0 aliphatic heterocycles. The zero-order chi connectivity index (χ0) is 16.7. The molecule has 1 aliphatic carbocycles. The summed E-state index contributed by atoms with van der Waals surface area (Å²) in [5.74, 6) is 0.479. The summed E-state index contributed by atoms with van der Waals surface area (Å²) < 4.78 is 0.291. The Bertz CT molecular complexity index is 775. The van der Waals surface area contributed by atoms with Gasteiger partial charge >= 0.3 is 155 Å². The molecule has 23 heavy (non-hydrogen) atoms. The predicted octanol–water partition coefficient (Wildman–Crippen LogP) is 7.17. The molecule has 0 nitrogen and oxygen atoms in total. The molecule has 0 saturated heterocycles. The molecule has 119 valence electrons. The van der Waals surface area contributed by atoms with Crippen LogP contribution < -0.4 is 0 Å². The number of aryl methyl sites for hydroxylation is 1. The van der Waals surface area contributed by atoms with Crippen LogP contribution in [-0.4, -0.2) is 0 Å². The molecule has 1 atom stereocenters. The van der Waals surface area contributed by atoms with E-state index in [9.17, 15) is 0 Å². The van der Waals surface area contributed by atoms with Crippen molar-refractivity contribution in [1.82, 2.24) is 0 Å². The molecular formula is C20H21Cl2Zr. The third kappa shape index (κ3) is 3.13. The Hall–Kier alpha value is -0.357. The number of hydrogen-bond acceptors (Lipinski definition) is 0. The van der Waals surface area contributed by atoms with Gasteiger partial charge in [0.1, 0.15) is 0 Å². The maximum absolute atomic E-state index is 6.46. The van der Waals surface area contributed by atoms with E-state index in [2.05, 4.69) is 70.2 Å². The van der Waals surface area contributed by atoms with Crippen molar-refractivity contribution in [3.8, 4) is 11.1 Å². The van der Waals surface area contributed by atoms with Gasteiger partial charge in [0.2, 0.25) is 0 Å². The molecule has 0 radical (unpaired) electrons. The second kappa shape index (κ2) is 6.87. The van der Waals surface area contributed by atoms with Gasteiger partial charge in [-0.25, -0.2) is 0 Å². The number of rotatable bonds is 3. The van der Waals surface area contributed by atoms with Crippen molar-refractivity contribution < 1.29 is 19.4 Å². The van der Waals surface area contributed by atoms with E-state index in [4.69, 9.17) is 17.0 Å². The third-order valence-corrected chi connectivity index (χ3v) is 10.2. The van der Waals surface area contributed by atoms with Crippen LogP contribution in [-0.2, 0) is 19.4 Å². The van der Waals surface area contributed by atoms with Gasteiger partial charge in [0.05, 0.1) is 0 Å². The summed E-state index contributed by atoms with van der Waals surface area (Å²) in [6, 6.07) is 13.2. The molecule has 0 N–H and O–H groups in total. The van der Waals surface area contributed by atoms with Crippen LogP contribution in [0, 0.1) is 6.92 Å². The van der Waals surface area contributed by atoms with E-state index < -0.39 is 19.4 Å². The molecule has 0 amide bonds. The summed E-state index contributed by atoms with van der Waals surface area (Å²) in [6.45, 7) is 8.88. The molecule has 2 aromatic carbocycles. The monoisotopic (exact) mass is 421 g/mol. The molecule has 0 heterocycles. The number of allylic oxidation sites excluding steroid dienone is 1. The van der Waals surface area contributed by atoms with Gasteiger partial charge < -0.3 is 0 Å². The second-order valence-corrected chi connectivity index (χ2v) is 15.4. The van der Waals surface area contributed by atoms with E-state index in [-0.39, 0.29) is 0 Å². The molecule has 3 rings (SSSR count). The van der Waals surface area contributed by atoms with E-state index in [0.29, 0.717) is 9.54 Å². The zero-order valence-electron chi connectivity index (χ0n) is 14.0. The molecule has 2 aromatic rings. The Balaban J connectivity index is 2.32. The minimum absolute atomic E-state index is 0.291. The molecule has 0 bridgehead atoms. The quantitative estimate of drug-likeness (QED) is 0.491. The number of halogens is 2. The predicted molar refractivity (Wildman–Crippen MR) is 98.8 cm³/mol. The second-order valence-electron chi connectivity index (χ2n) is 6.61. The van der Waals surface area contributed by atoms with Crippen LogP contribution in [0.4, 0.5) is 0 Å². The molecule has 1 aliphatic rings. The van der Waals surface area contributed by atoms with E-state index in [1.807, 2.05) is 0 Å². The van der Waals surface area contributed by atoms with E-state index in [1.165, 1.54) is 39.0 Å². The zero-order valence-corrected chi connectivity index (χ0v) is 17.9. The molecule has 1 unspecified atom stereocenters. The Kier molecular flexibility index (Phi) is 5.22. The van der Waals surface area contributed by atoms with Gasteiger partial charge in [-0.3, -0.25) is 0 Å². The van der Waals surface area contributed by atoms with Crippen LogP contribution in [0.3, 0.4) is 0 Å². The van der Waals surface area contributed by atoms with Crippen LogP contribution in [0.25, 0.3) is 17.2 Å². The van der Waals surface area contributed by atoms with E-state index in [0.717, 1.165) is 0 Å². The standard InChI is InChI=1S/C20H21.2ClH.Zr/c1-13(2)17-10-9-16-11-14(3)12-19(16)20(17)18-8-6-5-7-15(18)4;;;/h5-13H,1-4H3;2*1H;/q;;;+2/p-2. The van der Waals surface area contributed by atoms with Gasteiger partial charge in [0, 0.05) is 0 Å². The first-order chi connectivity index (χ1) is 10.9. The van der Waals surface area contributed by atoms with Crippen LogP contribution in [0.1, 0.15) is 52.6 Å². The number of fused-ring (bicyclic) bond motifs is 1. The fraction of sp³-hybridized carbons (Fsp3) is 0.300. The maximum atomic E-state index is 6.46. The Morgan fingerprint density at radius 2 is 1.70 bits per heavy atom. The number of hydrogen-bond donors (Lipinski definition) is 0. The summed E-state index contributed by atoms with van der Waals surface area (Å²) in [6.07, 6.45) is 2.32. The van der Waals surface area contributed by atoms with E-state index >= 15 is 0 Å². The Morgan fingerprint density at radius 1 is 1.00 bits per heavy atom. The summed E-state index contributed by atoms with van der Waals surface area (Å²) in [7, 11) is 12.9. The van der Waals surface area contributed by atoms with Gasteiger partial charge in [-0.15, -0.1) is 0 Å². The van der Waals surface area contributed by atoms with Gasteiger partial charge in [0.25, 0.3) is 0 Å². The fourth-order valence-corrected chi connectivity index (χ4v) is 9.22. The fourth-order valence-electron chi connectivity index (χ4n) is 3.54. The molecule has 0 saturated carbocycles. The SMILES string of the molecule is CC1=Cc2c(ccc(C(C)C)c2-c2ccccc2C)[CH]1[Zr]([Cl])[Cl]. The van der Waals surface area contributed by atoms with E-state index in [1.54, 1.807) is 0 Å². The summed E-state index contributed by atoms with van der Waals surface area (Å²) in [4.78, 5) is 0. The summed E-state index contributed by atoms with van der Waals surface area (Å²) >= 11 is -2.39. The van der Waals surface area contributed by atoms with Crippen molar-refractivity contribution in [3.05, 3.63) is 64.2 Å². The topological polar surface area (TPSA) is 0 Å².